The number of benzene rings is 2. The van der Waals surface area contributed by atoms with E-state index in [0.717, 1.165) is 5.56 Å². The van der Waals surface area contributed by atoms with Crippen LogP contribution in [-0.2, 0) is 17.5 Å². The molecule has 0 saturated carbocycles. The Labute approximate surface area is 224 Å². The Bertz CT molecular complexity index is 1590. The summed E-state index contributed by atoms with van der Waals surface area (Å²) in [6.45, 7) is 2.96. The van der Waals surface area contributed by atoms with Crippen LogP contribution in [-0.4, -0.2) is 66.4 Å². The lowest BCUT2D eigenvalue weighted by Gasteiger charge is -2.40. The van der Waals surface area contributed by atoms with Gasteiger partial charge in [0, 0.05) is 31.2 Å². The van der Waals surface area contributed by atoms with E-state index in [0.29, 0.717) is 52.7 Å². The molecule has 4 heterocycles. The van der Waals surface area contributed by atoms with Gasteiger partial charge in [0.2, 0.25) is 10.9 Å². The normalized spacial score (nSPS) is 16.3. The fourth-order valence-corrected chi connectivity index (χ4v) is 5.70. The van der Waals surface area contributed by atoms with Crippen LogP contribution in [0.3, 0.4) is 0 Å². The largest absolute Gasteiger partial charge is 0.443 e. The highest BCUT2D eigenvalue weighted by Crippen LogP contribution is 2.42. The number of thiazole rings is 1. The summed E-state index contributed by atoms with van der Waals surface area (Å²) in [6.07, 6.45) is -2.85. The van der Waals surface area contributed by atoms with Gasteiger partial charge in [-0.1, -0.05) is 59.0 Å². The highest BCUT2D eigenvalue weighted by molar-refractivity contribution is 7.16. The number of aromatic amines is 1. The van der Waals surface area contributed by atoms with Crippen molar-refractivity contribution in [1.82, 2.24) is 34.8 Å². The maximum atomic E-state index is 13.7. The molecule has 6 rings (SSSR count). The van der Waals surface area contributed by atoms with Gasteiger partial charge in [0.15, 0.2) is 5.82 Å². The summed E-state index contributed by atoms with van der Waals surface area (Å²) in [6, 6.07) is 16.5. The number of hydrogen-bond donors (Lipinski definition) is 1. The highest BCUT2D eigenvalue weighted by atomic mass is 32.1. The first-order valence-corrected chi connectivity index (χ1v) is 13.1. The van der Waals surface area contributed by atoms with Gasteiger partial charge in [0.25, 0.3) is 0 Å². The zero-order valence-corrected chi connectivity index (χ0v) is 21.6. The van der Waals surface area contributed by atoms with Crippen molar-refractivity contribution in [3.63, 3.8) is 0 Å². The standard InChI is InChI=1S/C26H23F3N8OS/c1-16-13-35(11-12-37(16)21(38)15-36-14-20(33-34-36)17-7-3-2-4-8-17)24-22(32-25(39-24)26(27,28)29)23-30-18-9-5-6-10-19(18)31-23/h2-10,14,16H,11-13,15H2,1H3,(H,30,31)/t16-/m1/s1. The molecule has 0 radical (unpaired) electrons. The molecule has 0 spiro atoms. The minimum absolute atomic E-state index is 0.0210. The number of nitrogens with zero attached hydrogens (tertiary/aromatic N) is 7. The zero-order valence-electron chi connectivity index (χ0n) is 20.8. The summed E-state index contributed by atoms with van der Waals surface area (Å²) in [5, 5.41) is 7.70. The van der Waals surface area contributed by atoms with Crippen LogP contribution in [0.2, 0.25) is 0 Å². The molecule has 1 saturated heterocycles. The number of aromatic nitrogens is 6. The van der Waals surface area contributed by atoms with Gasteiger partial charge in [0.1, 0.15) is 22.9 Å². The number of H-pyrrole nitrogens is 1. The van der Waals surface area contributed by atoms with Crippen molar-refractivity contribution in [1.29, 1.82) is 0 Å². The van der Waals surface area contributed by atoms with E-state index in [2.05, 4.69) is 25.3 Å². The van der Waals surface area contributed by atoms with Crippen molar-refractivity contribution >= 4 is 33.3 Å². The van der Waals surface area contributed by atoms with Crippen molar-refractivity contribution in [2.24, 2.45) is 0 Å². The molecule has 0 aliphatic carbocycles. The third-order valence-corrected chi connectivity index (χ3v) is 7.77. The molecule has 1 amide bonds. The number of rotatable bonds is 5. The van der Waals surface area contributed by atoms with E-state index >= 15 is 0 Å². The Morgan fingerprint density at radius 2 is 1.85 bits per heavy atom. The van der Waals surface area contributed by atoms with Crippen LogP contribution in [0.25, 0.3) is 33.8 Å². The van der Waals surface area contributed by atoms with Gasteiger partial charge in [-0.15, -0.1) is 5.10 Å². The molecule has 9 nitrogen and oxygen atoms in total. The maximum absolute atomic E-state index is 13.7. The number of hydrogen-bond acceptors (Lipinski definition) is 7. The molecule has 13 heteroatoms. The molecule has 1 N–H and O–H groups in total. The molecule has 1 aliphatic heterocycles. The molecule has 1 aliphatic rings. The summed E-state index contributed by atoms with van der Waals surface area (Å²) in [4.78, 5) is 28.2. The van der Waals surface area contributed by atoms with Gasteiger partial charge in [-0.05, 0) is 19.1 Å². The van der Waals surface area contributed by atoms with Crippen molar-refractivity contribution in [3.05, 3.63) is 65.8 Å². The van der Waals surface area contributed by atoms with Crippen molar-refractivity contribution in [2.75, 3.05) is 24.5 Å². The molecule has 2 aromatic carbocycles. The van der Waals surface area contributed by atoms with Crippen LogP contribution in [0, 0.1) is 0 Å². The molecular weight excluding hydrogens is 529 g/mol. The van der Waals surface area contributed by atoms with Crippen LogP contribution < -0.4 is 4.90 Å². The molecule has 200 valence electrons. The van der Waals surface area contributed by atoms with E-state index < -0.39 is 11.2 Å². The molecule has 0 bridgehead atoms. The maximum Gasteiger partial charge on any atom is 0.443 e. The predicted molar refractivity (Wildman–Crippen MR) is 141 cm³/mol. The summed E-state index contributed by atoms with van der Waals surface area (Å²) >= 11 is 0.597. The first kappa shape index (κ1) is 25.0. The molecule has 1 atom stereocenters. The fraction of sp³-hybridized carbons (Fsp3) is 0.269. The summed E-state index contributed by atoms with van der Waals surface area (Å²) < 4.78 is 42.5. The number of amides is 1. The number of halogens is 3. The Balaban J connectivity index is 1.20. The molecule has 1 fully saturated rings. The topological polar surface area (TPSA) is 95.8 Å². The SMILES string of the molecule is C[C@@H]1CN(c2sc(C(F)(F)F)nc2-c2nc3ccccc3[nH]2)CCN1C(=O)Cn1cc(-c2ccccc2)nn1. The smallest absolute Gasteiger partial charge is 0.358 e. The lowest BCUT2D eigenvalue weighted by molar-refractivity contribution is -0.137. The summed E-state index contributed by atoms with van der Waals surface area (Å²) in [7, 11) is 0. The van der Waals surface area contributed by atoms with Gasteiger partial charge in [-0.2, -0.15) is 13.2 Å². The Kier molecular flexibility index (Phi) is 6.29. The second kappa shape index (κ2) is 9.80. The molecular formula is C26H23F3N8OS. The second-order valence-corrected chi connectivity index (χ2v) is 10.3. The molecule has 39 heavy (non-hydrogen) atoms. The van der Waals surface area contributed by atoms with E-state index in [1.807, 2.05) is 60.4 Å². The molecule has 0 unspecified atom stereocenters. The number of nitrogens with one attached hydrogen (secondary N) is 1. The van der Waals surface area contributed by atoms with Gasteiger partial charge >= 0.3 is 6.18 Å². The summed E-state index contributed by atoms with van der Waals surface area (Å²) in [5.74, 6) is 0.147. The second-order valence-electron chi connectivity index (χ2n) is 9.32. The van der Waals surface area contributed by atoms with Crippen LogP contribution in [0.5, 0.6) is 0 Å². The van der Waals surface area contributed by atoms with Crippen molar-refractivity contribution in [3.8, 4) is 22.8 Å². The lowest BCUT2D eigenvalue weighted by atomic mass is 10.2. The van der Waals surface area contributed by atoms with Crippen LogP contribution in [0.4, 0.5) is 18.2 Å². The predicted octanol–water partition coefficient (Wildman–Crippen LogP) is 4.70. The van der Waals surface area contributed by atoms with E-state index in [-0.39, 0.29) is 30.0 Å². The van der Waals surface area contributed by atoms with Crippen molar-refractivity contribution < 1.29 is 18.0 Å². The average Bonchev–Trinajstić information content (AvgIpc) is 3.66. The Morgan fingerprint density at radius 3 is 2.59 bits per heavy atom. The number of carbonyl (C=O) groups is 1. The van der Waals surface area contributed by atoms with Crippen LogP contribution in [0.1, 0.15) is 11.9 Å². The van der Waals surface area contributed by atoms with Crippen LogP contribution in [0.15, 0.2) is 60.8 Å². The molecule has 5 aromatic rings. The lowest BCUT2D eigenvalue weighted by Crippen LogP contribution is -2.54. The van der Waals surface area contributed by atoms with Gasteiger partial charge in [-0.25, -0.2) is 14.6 Å². The number of para-hydroxylation sites is 2. The number of carbonyl (C=O) groups excluding carboxylic acids is 1. The first-order chi connectivity index (χ1) is 18.8. The van der Waals surface area contributed by atoms with E-state index in [1.165, 1.54) is 4.68 Å². The molecule has 3 aromatic heterocycles. The quantitative estimate of drug-likeness (QED) is 0.340. The van der Waals surface area contributed by atoms with Gasteiger partial charge < -0.3 is 14.8 Å². The first-order valence-electron chi connectivity index (χ1n) is 12.3. The van der Waals surface area contributed by atoms with E-state index in [4.69, 9.17) is 0 Å². The van der Waals surface area contributed by atoms with E-state index in [1.54, 1.807) is 17.2 Å². The number of alkyl halides is 3. The zero-order chi connectivity index (χ0) is 27.1. The average molecular weight is 553 g/mol. The number of fused-ring (bicyclic) bond motifs is 1. The monoisotopic (exact) mass is 552 g/mol. The fourth-order valence-electron chi connectivity index (χ4n) is 4.73. The third kappa shape index (κ3) is 4.97. The number of piperazine rings is 1. The summed E-state index contributed by atoms with van der Waals surface area (Å²) in [5.41, 5.74) is 3.09. The Morgan fingerprint density at radius 1 is 1.08 bits per heavy atom. The van der Waals surface area contributed by atoms with Crippen molar-refractivity contribution in [2.45, 2.75) is 25.7 Å². The van der Waals surface area contributed by atoms with Crippen LogP contribution >= 0.6 is 11.3 Å². The van der Waals surface area contributed by atoms with Gasteiger partial charge in [-0.3, -0.25) is 4.79 Å². The van der Waals surface area contributed by atoms with Gasteiger partial charge in [0.05, 0.1) is 17.2 Å². The highest BCUT2D eigenvalue weighted by Gasteiger charge is 2.39. The third-order valence-electron chi connectivity index (χ3n) is 6.61. The number of anilines is 1. The minimum atomic E-state index is -4.58. The van der Waals surface area contributed by atoms with E-state index in [9.17, 15) is 18.0 Å². The Hall–Kier alpha value is -4.26. The minimum Gasteiger partial charge on any atom is -0.358 e. The number of imidazole rings is 1.